The van der Waals surface area contributed by atoms with E-state index in [2.05, 4.69) is 5.32 Å². The lowest BCUT2D eigenvalue weighted by molar-refractivity contribution is -0.111. The predicted molar refractivity (Wildman–Crippen MR) is 83.7 cm³/mol. The van der Waals surface area contributed by atoms with Crippen LogP contribution in [0.1, 0.15) is 5.56 Å². The highest BCUT2D eigenvalue weighted by Gasteiger charge is 2.04. The Bertz CT molecular complexity index is 613. The first-order chi connectivity index (χ1) is 10.2. The van der Waals surface area contributed by atoms with Gasteiger partial charge in [0.05, 0.1) is 14.2 Å². The Morgan fingerprint density at radius 1 is 1.00 bits per heavy atom. The molecule has 0 atom stereocenters. The maximum Gasteiger partial charge on any atom is 0.248 e. The van der Waals surface area contributed by atoms with E-state index in [0.29, 0.717) is 17.2 Å². The van der Waals surface area contributed by atoms with Gasteiger partial charge < -0.3 is 14.8 Å². The number of carbonyl (C=O) groups excluding carboxylic acids is 1. The maximum atomic E-state index is 11.9. The summed E-state index contributed by atoms with van der Waals surface area (Å²) in [7, 11) is 3.13. The van der Waals surface area contributed by atoms with Gasteiger partial charge in [-0.3, -0.25) is 4.79 Å². The van der Waals surface area contributed by atoms with Gasteiger partial charge in [-0.25, -0.2) is 0 Å². The molecule has 0 saturated heterocycles. The van der Waals surface area contributed by atoms with E-state index in [9.17, 15) is 4.79 Å². The van der Waals surface area contributed by atoms with Gasteiger partial charge in [0.2, 0.25) is 5.91 Å². The first-order valence-corrected chi connectivity index (χ1v) is 6.48. The van der Waals surface area contributed by atoms with Crippen molar-refractivity contribution in [2.45, 2.75) is 0 Å². The summed E-state index contributed by atoms with van der Waals surface area (Å²) in [5, 5.41) is 2.78. The number of methoxy groups -OCH3 is 2. The highest BCUT2D eigenvalue weighted by Crippen LogP contribution is 2.25. The summed E-state index contributed by atoms with van der Waals surface area (Å²) >= 11 is 0. The van der Waals surface area contributed by atoms with Gasteiger partial charge in [-0.15, -0.1) is 0 Å². The van der Waals surface area contributed by atoms with Crippen molar-refractivity contribution in [3.05, 3.63) is 60.2 Å². The van der Waals surface area contributed by atoms with E-state index in [1.807, 2.05) is 30.3 Å². The number of ether oxygens (including phenoxy) is 2. The molecule has 2 aromatic carbocycles. The number of nitrogens with one attached hydrogen (secondary N) is 1. The van der Waals surface area contributed by atoms with Crippen molar-refractivity contribution in [2.75, 3.05) is 19.5 Å². The summed E-state index contributed by atoms with van der Waals surface area (Å²) in [6, 6.07) is 14.8. The zero-order valence-corrected chi connectivity index (χ0v) is 12.0. The number of amides is 1. The average Bonchev–Trinajstić information content (AvgIpc) is 2.53. The van der Waals surface area contributed by atoms with E-state index in [1.54, 1.807) is 38.5 Å². The third kappa shape index (κ3) is 4.38. The molecule has 2 aromatic rings. The van der Waals surface area contributed by atoms with Crippen LogP contribution < -0.4 is 14.8 Å². The molecule has 0 fully saturated rings. The van der Waals surface area contributed by atoms with E-state index in [1.165, 1.54) is 6.08 Å². The van der Waals surface area contributed by atoms with Crippen molar-refractivity contribution in [1.29, 1.82) is 0 Å². The van der Waals surface area contributed by atoms with Crippen LogP contribution >= 0.6 is 0 Å². The normalized spacial score (nSPS) is 10.4. The van der Waals surface area contributed by atoms with Crippen molar-refractivity contribution >= 4 is 17.7 Å². The molecule has 108 valence electrons. The fourth-order valence-electron chi connectivity index (χ4n) is 1.80. The van der Waals surface area contributed by atoms with Crippen LogP contribution in [0.15, 0.2) is 54.6 Å². The monoisotopic (exact) mass is 283 g/mol. The average molecular weight is 283 g/mol. The topological polar surface area (TPSA) is 47.6 Å². The molecule has 0 saturated carbocycles. The predicted octanol–water partition coefficient (Wildman–Crippen LogP) is 3.36. The quantitative estimate of drug-likeness (QED) is 0.856. The lowest BCUT2D eigenvalue weighted by atomic mass is 10.2. The van der Waals surface area contributed by atoms with Crippen molar-refractivity contribution in [3.8, 4) is 11.5 Å². The molecule has 0 spiro atoms. The lowest BCUT2D eigenvalue weighted by Gasteiger charge is -2.08. The second kappa shape index (κ2) is 7.14. The molecule has 0 bridgehead atoms. The highest BCUT2D eigenvalue weighted by molar-refractivity contribution is 6.02. The molecule has 0 heterocycles. The minimum Gasteiger partial charge on any atom is -0.497 e. The van der Waals surface area contributed by atoms with Gasteiger partial charge in [0.1, 0.15) is 11.5 Å². The second-order valence-corrected chi connectivity index (χ2v) is 4.33. The number of rotatable bonds is 5. The Kier molecular flexibility index (Phi) is 4.99. The van der Waals surface area contributed by atoms with Crippen LogP contribution in [-0.4, -0.2) is 20.1 Å². The molecule has 0 aliphatic rings. The van der Waals surface area contributed by atoms with E-state index in [0.717, 1.165) is 5.56 Å². The number of anilines is 1. The molecule has 0 aromatic heterocycles. The number of hydrogen-bond acceptors (Lipinski definition) is 3. The summed E-state index contributed by atoms with van der Waals surface area (Å²) in [6.07, 6.45) is 3.24. The fraction of sp³-hybridized carbons (Fsp3) is 0.118. The third-order valence-corrected chi connectivity index (χ3v) is 2.85. The number of benzene rings is 2. The Labute approximate surface area is 124 Å². The Hall–Kier alpha value is -2.75. The fourth-order valence-corrected chi connectivity index (χ4v) is 1.80. The third-order valence-electron chi connectivity index (χ3n) is 2.85. The molecule has 0 aliphatic carbocycles. The van der Waals surface area contributed by atoms with Crippen molar-refractivity contribution < 1.29 is 14.3 Å². The van der Waals surface area contributed by atoms with Gasteiger partial charge in [-0.1, -0.05) is 30.3 Å². The lowest BCUT2D eigenvalue weighted by Crippen LogP contribution is -2.08. The number of carbonyl (C=O) groups is 1. The Morgan fingerprint density at radius 2 is 1.62 bits per heavy atom. The van der Waals surface area contributed by atoms with Crippen LogP contribution in [0.25, 0.3) is 6.08 Å². The molecule has 4 heteroatoms. The Balaban J connectivity index is 2.07. The van der Waals surface area contributed by atoms with E-state index < -0.39 is 0 Å². The largest absolute Gasteiger partial charge is 0.497 e. The molecule has 0 radical (unpaired) electrons. The molecule has 2 rings (SSSR count). The molecular weight excluding hydrogens is 266 g/mol. The minimum absolute atomic E-state index is 0.214. The maximum absolute atomic E-state index is 11.9. The van der Waals surface area contributed by atoms with Gasteiger partial charge in [0, 0.05) is 30.0 Å². The van der Waals surface area contributed by atoms with E-state index >= 15 is 0 Å². The first-order valence-electron chi connectivity index (χ1n) is 6.48. The Morgan fingerprint density at radius 3 is 2.19 bits per heavy atom. The first kappa shape index (κ1) is 14.7. The smallest absolute Gasteiger partial charge is 0.248 e. The number of hydrogen-bond donors (Lipinski definition) is 1. The molecule has 0 unspecified atom stereocenters. The van der Waals surface area contributed by atoms with Crippen molar-refractivity contribution in [1.82, 2.24) is 0 Å². The van der Waals surface area contributed by atoms with Crippen molar-refractivity contribution in [2.24, 2.45) is 0 Å². The SMILES string of the molecule is COc1cc(NC(=O)C=Cc2ccccc2)cc(OC)c1. The van der Waals surface area contributed by atoms with E-state index in [-0.39, 0.29) is 5.91 Å². The molecule has 21 heavy (non-hydrogen) atoms. The molecule has 1 amide bonds. The summed E-state index contributed by atoms with van der Waals surface area (Å²) in [4.78, 5) is 11.9. The highest BCUT2D eigenvalue weighted by atomic mass is 16.5. The summed E-state index contributed by atoms with van der Waals surface area (Å²) in [6.45, 7) is 0. The molecule has 0 aliphatic heterocycles. The summed E-state index contributed by atoms with van der Waals surface area (Å²) in [5.41, 5.74) is 1.59. The molecule has 1 N–H and O–H groups in total. The van der Waals surface area contributed by atoms with Gasteiger partial charge >= 0.3 is 0 Å². The molecular formula is C17H17NO3. The summed E-state index contributed by atoms with van der Waals surface area (Å²) < 4.78 is 10.3. The standard InChI is InChI=1S/C17H17NO3/c1-20-15-10-14(11-16(12-15)21-2)18-17(19)9-8-13-6-4-3-5-7-13/h3-12H,1-2H3,(H,18,19). The van der Waals surface area contributed by atoms with Crippen LogP contribution in [0, 0.1) is 0 Å². The van der Waals surface area contributed by atoms with Crippen molar-refractivity contribution in [3.63, 3.8) is 0 Å². The van der Waals surface area contributed by atoms with Crippen LogP contribution in [0.5, 0.6) is 11.5 Å². The minimum atomic E-state index is -0.214. The van der Waals surface area contributed by atoms with Crippen LogP contribution in [0.3, 0.4) is 0 Å². The zero-order valence-electron chi connectivity index (χ0n) is 12.0. The van der Waals surface area contributed by atoms with Crippen LogP contribution in [0.2, 0.25) is 0 Å². The van der Waals surface area contributed by atoms with Gasteiger partial charge in [0.25, 0.3) is 0 Å². The van der Waals surface area contributed by atoms with Gasteiger partial charge in [0.15, 0.2) is 0 Å². The van der Waals surface area contributed by atoms with Gasteiger partial charge in [-0.05, 0) is 11.6 Å². The van der Waals surface area contributed by atoms with Crippen LogP contribution in [-0.2, 0) is 4.79 Å². The van der Waals surface area contributed by atoms with Crippen LogP contribution in [0.4, 0.5) is 5.69 Å². The summed E-state index contributed by atoms with van der Waals surface area (Å²) in [5.74, 6) is 1.03. The second-order valence-electron chi connectivity index (χ2n) is 4.33. The zero-order chi connectivity index (χ0) is 15.1. The molecule has 4 nitrogen and oxygen atoms in total. The van der Waals surface area contributed by atoms with Gasteiger partial charge in [-0.2, -0.15) is 0 Å². The van der Waals surface area contributed by atoms with E-state index in [4.69, 9.17) is 9.47 Å².